The lowest BCUT2D eigenvalue weighted by molar-refractivity contribution is -0.0616. The van der Waals surface area contributed by atoms with Crippen LogP contribution in [0.4, 0.5) is 0 Å². The van der Waals surface area contributed by atoms with Crippen molar-refractivity contribution in [3.05, 3.63) is 81.5 Å². The molecule has 8 heteroatoms. The summed E-state index contributed by atoms with van der Waals surface area (Å²) in [5, 5.41) is 19.7. The zero-order valence-electron chi connectivity index (χ0n) is 17.5. The Bertz CT molecular complexity index is 1290. The van der Waals surface area contributed by atoms with Gasteiger partial charge in [-0.1, -0.05) is 35.6 Å². The molecule has 0 saturated heterocycles. The zero-order valence-corrected chi connectivity index (χ0v) is 19.1. The molecule has 1 aliphatic rings. The predicted molar refractivity (Wildman–Crippen MR) is 126 cm³/mol. The molecule has 6 nitrogen and oxygen atoms in total. The summed E-state index contributed by atoms with van der Waals surface area (Å²) in [6.45, 7) is 2.00. The van der Waals surface area contributed by atoms with Gasteiger partial charge in [0.25, 0.3) is 10.0 Å². The molecule has 4 rings (SSSR count). The topological polar surface area (TPSA) is 102 Å². The molecule has 2 aromatic heterocycles. The Hall–Kier alpha value is -2.67. The van der Waals surface area contributed by atoms with Crippen molar-refractivity contribution in [3.63, 3.8) is 0 Å². The largest absolute Gasteiger partial charge is 0.367 e. The fraction of sp³-hybridized carbons (Fsp3) is 0.250. The van der Waals surface area contributed by atoms with Gasteiger partial charge in [-0.2, -0.15) is 0 Å². The number of allylic oxidation sites excluding steroid dienone is 1. The van der Waals surface area contributed by atoms with Gasteiger partial charge in [0.1, 0.15) is 4.21 Å². The summed E-state index contributed by atoms with van der Waals surface area (Å²) in [5.74, 6) is 6.01. The van der Waals surface area contributed by atoms with Gasteiger partial charge in [0, 0.05) is 17.5 Å². The van der Waals surface area contributed by atoms with Gasteiger partial charge in [-0.25, -0.2) is 13.1 Å². The average molecular weight is 469 g/mol. The van der Waals surface area contributed by atoms with E-state index in [9.17, 15) is 18.6 Å². The number of aliphatic hydroxyl groups excluding tert-OH is 1. The number of benzene rings is 1. The summed E-state index contributed by atoms with van der Waals surface area (Å²) < 4.78 is 28.3. The number of hydrogen-bond donors (Lipinski definition) is 4. The first kappa shape index (κ1) is 22.5. The summed E-state index contributed by atoms with van der Waals surface area (Å²) in [5.41, 5.74) is 4.93. The molecule has 0 bridgehead atoms. The first-order chi connectivity index (χ1) is 15.3. The summed E-state index contributed by atoms with van der Waals surface area (Å²) in [4.78, 5) is 3.77. The third-order valence-corrected chi connectivity index (χ3v) is 8.28. The number of H-pyrrole nitrogens is 1. The first-order valence-corrected chi connectivity index (χ1v) is 12.5. The van der Waals surface area contributed by atoms with Gasteiger partial charge in [0.05, 0.1) is 10.9 Å². The maximum absolute atomic E-state index is 12.9. The van der Waals surface area contributed by atoms with Crippen molar-refractivity contribution in [2.24, 2.45) is 0 Å². The zero-order chi connectivity index (χ0) is 22.7. The van der Waals surface area contributed by atoms with Crippen LogP contribution in [0.3, 0.4) is 0 Å². The SMILES string of the molecule is Cc1ccc(C#Cc2ccc(S(=O)(=O)N[C@@H](Cc3c[nH]c4c3CCC=C4)C(O)O)s2)cc1. The van der Waals surface area contributed by atoms with E-state index < -0.39 is 22.4 Å². The fourth-order valence-corrected chi connectivity index (χ4v) is 5.98. The second-order valence-electron chi connectivity index (χ2n) is 7.73. The minimum absolute atomic E-state index is 0.0791. The maximum Gasteiger partial charge on any atom is 0.250 e. The van der Waals surface area contributed by atoms with Gasteiger partial charge in [-0.3, -0.25) is 0 Å². The highest BCUT2D eigenvalue weighted by atomic mass is 32.2. The number of aromatic nitrogens is 1. The predicted octanol–water partition coefficient (Wildman–Crippen LogP) is 2.94. The van der Waals surface area contributed by atoms with E-state index in [1.165, 1.54) is 6.07 Å². The highest BCUT2D eigenvalue weighted by molar-refractivity contribution is 7.91. The molecular weight excluding hydrogens is 444 g/mol. The van der Waals surface area contributed by atoms with E-state index in [1.807, 2.05) is 37.3 Å². The monoisotopic (exact) mass is 468 g/mol. The van der Waals surface area contributed by atoms with E-state index in [4.69, 9.17) is 0 Å². The molecule has 3 aromatic rings. The Morgan fingerprint density at radius 2 is 1.94 bits per heavy atom. The van der Waals surface area contributed by atoms with E-state index in [2.05, 4.69) is 27.6 Å². The smallest absolute Gasteiger partial charge is 0.250 e. The van der Waals surface area contributed by atoms with Gasteiger partial charge in [0.15, 0.2) is 6.29 Å². The fourth-order valence-electron chi connectivity index (χ4n) is 3.57. The third kappa shape index (κ3) is 5.21. The van der Waals surface area contributed by atoms with Gasteiger partial charge in [0.2, 0.25) is 0 Å². The van der Waals surface area contributed by atoms with E-state index in [0.717, 1.165) is 52.1 Å². The van der Waals surface area contributed by atoms with Crippen LogP contribution in [0.25, 0.3) is 6.08 Å². The van der Waals surface area contributed by atoms with Crippen molar-refractivity contribution in [3.8, 4) is 11.8 Å². The van der Waals surface area contributed by atoms with Crippen LogP contribution in [-0.2, 0) is 22.9 Å². The molecular formula is C24H24N2O4S2. The van der Waals surface area contributed by atoms with Crippen molar-refractivity contribution in [2.75, 3.05) is 0 Å². The molecule has 0 aliphatic heterocycles. The molecule has 0 fully saturated rings. The molecule has 32 heavy (non-hydrogen) atoms. The Labute approximate surface area is 191 Å². The van der Waals surface area contributed by atoms with E-state index in [-0.39, 0.29) is 10.6 Å². The van der Waals surface area contributed by atoms with Crippen LogP contribution in [0, 0.1) is 18.8 Å². The lowest BCUT2D eigenvalue weighted by Gasteiger charge is -2.20. The standard InChI is InChI=1S/C24H24N2O4S2/c1-16-6-8-17(9-7-16)10-11-19-12-13-23(31-19)32(29,30)26-22(24(27)28)14-18-15-25-21-5-3-2-4-20(18)21/h3,5-9,12-13,15,22,24-28H,2,4,14H2,1H3/t22-/m0/s1. The highest BCUT2D eigenvalue weighted by Gasteiger charge is 2.27. The number of sulfonamides is 1. The van der Waals surface area contributed by atoms with Crippen LogP contribution in [0.2, 0.25) is 0 Å². The van der Waals surface area contributed by atoms with Crippen LogP contribution in [0.1, 0.15) is 39.2 Å². The Morgan fingerprint density at radius 1 is 1.16 bits per heavy atom. The van der Waals surface area contributed by atoms with Crippen LogP contribution >= 0.6 is 11.3 Å². The average Bonchev–Trinajstić information content (AvgIpc) is 3.41. The van der Waals surface area contributed by atoms with Gasteiger partial charge < -0.3 is 15.2 Å². The molecule has 4 N–H and O–H groups in total. The van der Waals surface area contributed by atoms with Crippen LogP contribution < -0.4 is 4.72 Å². The summed E-state index contributed by atoms with van der Waals surface area (Å²) in [6, 6.07) is 9.83. The lowest BCUT2D eigenvalue weighted by atomic mass is 9.97. The van der Waals surface area contributed by atoms with Crippen LogP contribution in [0.5, 0.6) is 0 Å². The van der Waals surface area contributed by atoms with Crippen LogP contribution in [0.15, 0.2) is 52.9 Å². The molecule has 0 saturated carbocycles. The van der Waals surface area contributed by atoms with Crippen molar-refractivity contribution >= 4 is 27.4 Å². The minimum atomic E-state index is -3.94. The summed E-state index contributed by atoms with van der Waals surface area (Å²) in [6.07, 6.45) is 5.92. The molecule has 166 valence electrons. The summed E-state index contributed by atoms with van der Waals surface area (Å²) >= 11 is 1.04. The van der Waals surface area contributed by atoms with Gasteiger partial charge in [-0.15, -0.1) is 11.3 Å². The van der Waals surface area contributed by atoms with E-state index in [0.29, 0.717) is 4.88 Å². The molecule has 1 atom stereocenters. The third-order valence-electron chi connectivity index (χ3n) is 5.29. The molecule has 0 amide bonds. The molecule has 0 spiro atoms. The number of aromatic amines is 1. The number of rotatable bonds is 6. The molecule has 0 radical (unpaired) electrons. The number of aryl methyl sites for hydroxylation is 1. The number of thiophene rings is 1. The minimum Gasteiger partial charge on any atom is -0.367 e. The van der Waals surface area contributed by atoms with Crippen molar-refractivity contribution in [1.82, 2.24) is 9.71 Å². The quantitative estimate of drug-likeness (QED) is 0.330. The maximum atomic E-state index is 12.9. The van der Waals surface area contributed by atoms with E-state index in [1.54, 1.807) is 12.3 Å². The highest BCUT2D eigenvalue weighted by Crippen LogP contribution is 2.25. The van der Waals surface area contributed by atoms with E-state index >= 15 is 0 Å². The second kappa shape index (κ2) is 9.45. The molecule has 1 aromatic carbocycles. The van der Waals surface area contributed by atoms with Crippen molar-refractivity contribution in [1.29, 1.82) is 0 Å². The normalized spacial score (nSPS) is 14.1. The molecule has 1 aliphatic carbocycles. The Balaban J connectivity index is 1.49. The Kier molecular flexibility index (Phi) is 6.65. The lowest BCUT2D eigenvalue weighted by Crippen LogP contribution is -2.44. The summed E-state index contributed by atoms with van der Waals surface area (Å²) in [7, 11) is -3.94. The number of fused-ring (bicyclic) bond motifs is 1. The first-order valence-electron chi connectivity index (χ1n) is 10.2. The number of hydrogen-bond acceptors (Lipinski definition) is 5. The second-order valence-corrected chi connectivity index (χ2v) is 10.8. The van der Waals surface area contributed by atoms with Crippen LogP contribution in [-0.4, -0.2) is 35.9 Å². The molecule has 0 unspecified atom stereocenters. The number of aliphatic hydroxyl groups is 2. The van der Waals surface area contributed by atoms with Crippen molar-refractivity contribution in [2.45, 2.75) is 42.7 Å². The Morgan fingerprint density at radius 3 is 2.69 bits per heavy atom. The van der Waals surface area contributed by atoms with Gasteiger partial charge in [-0.05, 0) is 67.7 Å². The van der Waals surface area contributed by atoms with Crippen molar-refractivity contribution < 1.29 is 18.6 Å². The van der Waals surface area contributed by atoms with Gasteiger partial charge >= 0.3 is 0 Å². The number of nitrogens with one attached hydrogen (secondary N) is 2. The molecule has 2 heterocycles.